The Morgan fingerprint density at radius 3 is 2.83 bits per heavy atom. The molecule has 1 aromatic heterocycles. The summed E-state index contributed by atoms with van der Waals surface area (Å²) in [6.45, 7) is 4.24. The maximum Gasteiger partial charge on any atom is 0.192 e. The lowest BCUT2D eigenvalue weighted by Gasteiger charge is -2.09. The number of rotatable bonds is 10. The van der Waals surface area contributed by atoms with Crippen LogP contribution in [0.15, 0.2) is 66.3 Å². The molecule has 0 atom stereocenters. The number of ketones is 1. The van der Waals surface area contributed by atoms with Crippen molar-refractivity contribution in [2.45, 2.75) is 18.3 Å². The Bertz CT molecular complexity index is 1010. The van der Waals surface area contributed by atoms with Crippen molar-refractivity contribution in [3.05, 3.63) is 78.4 Å². The zero-order valence-corrected chi connectivity index (χ0v) is 16.7. The summed E-state index contributed by atoms with van der Waals surface area (Å²) in [5.74, 6) is 0.985. The molecule has 0 saturated heterocycles. The number of Topliss-reactive ketones (excluding diaryl/α,β-unsaturated/α-hetero) is 1. The lowest BCUT2D eigenvalue weighted by atomic mass is 10.1. The molecule has 0 aliphatic carbocycles. The molecular formula is C21H20FN3O3S. The highest BCUT2D eigenvalue weighted by Gasteiger charge is 2.15. The Morgan fingerprint density at radius 2 is 2.07 bits per heavy atom. The minimum Gasteiger partial charge on any atom is -0.497 e. The van der Waals surface area contributed by atoms with E-state index in [1.165, 1.54) is 17.8 Å². The predicted molar refractivity (Wildman–Crippen MR) is 109 cm³/mol. The first kappa shape index (κ1) is 20.6. The molecule has 0 unspecified atom stereocenters. The Kier molecular flexibility index (Phi) is 7.02. The molecule has 0 saturated carbocycles. The van der Waals surface area contributed by atoms with Gasteiger partial charge in [0.25, 0.3) is 0 Å². The second-order valence-electron chi connectivity index (χ2n) is 5.96. The number of thioether (sulfide) groups is 1. The zero-order chi connectivity index (χ0) is 20.6. The van der Waals surface area contributed by atoms with Gasteiger partial charge in [-0.2, -0.15) is 0 Å². The fourth-order valence-electron chi connectivity index (χ4n) is 2.56. The van der Waals surface area contributed by atoms with Gasteiger partial charge in [-0.25, -0.2) is 4.39 Å². The highest BCUT2D eigenvalue weighted by atomic mass is 32.2. The average molecular weight is 413 g/mol. The summed E-state index contributed by atoms with van der Waals surface area (Å²) in [4.78, 5) is 12.5. The highest BCUT2D eigenvalue weighted by Crippen LogP contribution is 2.22. The van der Waals surface area contributed by atoms with Gasteiger partial charge in [0, 0.05) is 12.1 Å². The van der Waals surface area contributed by atoms with Crippen LogP contribution in [0, 0.1) is 5.82 Å². The SMILES string of the molecule is C=CCn1c(COc2ccccc2F)nnc1SCC(=O)c1cccc(OC)c1. The number of carbonyl (C=O) groups is 1. The number of ether oxygens (including phenoxy) is 2. The molecule has 0 aliphatic rings. The molecule has 0 N–H and O–H groups in total. The summed E-state index contributed by atoms with van der Waals surface area (Å²) in [5.41, 5.74) is 0.565. The number of aromatic nitrogens is 3. The van der Waals surface area contributed by atoms with Crippen molar-refractivity contribution in [1.82, 2.24) is 14.8 Å². The normalized spacial score (nSPS) is 10.6. The van der Waals surface area contributed by atoms with Gasteiger partial charge in [0.15, 0.2) is 28.3 Å². The van der Waals surface area contributed by atoms with Crippen LogP contribution in [-0.2, 0) is 13.2 Å². The summed E-state index contributed by atoms with van der Waals surface area (Å²) in [6, 6.07) is 13.2. The molecule has 0 bridgehead atoms. The number of para-hydroxylation sites is 1. The van der Waals surface area contributed by atoms with Gasteiger partial charge in [0.05, 0.1) is 12.9 Å². The molecule has 2 aromatic carbocycles. The van der Waals surface area contributed by atoms with Crippen LogP contribution in [0.1, 0.15) is 16.2 Å². The number of allylic oxidation sites excluding steroid dienone is 1. The van der Waals surface area contributed by atoms with Crippen LogP contribution in [0.2, 0.25) is 0 Å². The zero-order valence-electron chi connectivity index (χ0n) is 15.9. The van der Waals surface area contributed by atoms with Crippen LogP contribution in [0.25, 0.3) is 0 Å². The Balaban J connectivity index is 1.68. The van der Waals surface area contributed by atoms with Gasteiger partial charge in [0.2, 0.25) is 0 Å². The predicted octanol–water partition coefficient (Wildman–Crippen LogP) is 4.17. The van der Waals surface area contributed by atoms with Crippen molar-refractivity contribution in [2.75, 3.05) is 12.9 Å². The third-order valence-electron chi connectivity index (χ3n) is 4.02. The summed E-state index contributed by atoms with van der Waals surface area (Å²) >= 11 is 1.27. The highest BCUT2D eigenvalue weighted by molar-refractivity contribution is 7.99. The smallest absolute Gasteiger partial charge is 0.192 e. The largest absolute Gasteiger partial charge is 0.497 e. The number of carbonyl (C=O) groups excluding carboxylic acids is 1. The molecule has 150 valence electrons. The topological polar surface area (TPSA) is 66.2 Å². The van der Waals surface area contributed by atoms with Gasteiger partial charge in [-0.05, 0) is 24.3 Å². The number of methoxy groups -OCH3 is 1. The number of hydrogen-bond donors (Lipinski definition) is 0. The molecule has 6 nitrogen and oxygen atoms in total. The van der Waals surface area contributed by atoms with E-state index in [-0.39, 0.29) is 23.9 Å². The summed E-state index contributed by atoms with van der Waals surface area (Å²) < 4.78 is 26.2. The number of benzene rings is 2. The molecule has 0 spiro atoms. The fourth-order valence-corrected chi connectivity index (χ4v) is 3.42. The molecule has 8 heteroatoms. The molecule has 0 amide bonds. The summed E-state index contributed by atoms with van der Waals surface area (Å²) in [7, 11) is 1.56. The van der Waals surface area contributed by atoms with Crippen molar-refractivity contribution in [3.63, 3.8) is 0 Å². The standard InChI is InChI=1S/C21H20FN3O3S/c1-3-11-25-20(13-28-19-10-5-4-9-17(19)22)23-24-21(25)29-14-18(26)15-7-6-8-16(12-15)27-2/h3-10,12H,1,11,13-14H2,2H3. The molecule has 1 heterocycles. The third kappa shape index (κ3) is 5.23. The van der Waals surface area contributed by atoms with E-state index in [0.29, 0.717) is 28.8 Å². The van der Waals surface area contributed by atoms with Gasteiger partial charge in [-0.15, -0.1) is 16.8 Å². The van der Waals surface area contributed by atoms with E-state index in [0.717, 1.165) is 0 Å². The second kappa shape index (κ2) is 9.88. The Labute approximate surface area is 172 Å². The van der Waals surface area contributed by atoms with E-state index in [9.17, 15) is 9.18 Å². The van der Waals surface area contributed by atoms with Gasteiger partial charge < -0.3 is 9.47 Å². The lowest BCUT2D eigenvalue weighted by molar-refractivity contribution is 0.102. The molecule has 0 fully saturated rings. The molecule has 3 rings (SSSR count). The molecular weight excluding hydrogens is 393 g/mol. The first-order chi connectivity index (χ1) is 14.1. The van der Waals surface area contributed by atoms with Crippen molar-refractivity contribution >= 4 is 17.5 Å². The first-order valence-corrected chi connectivity index (χ1v) is 9.81. The number of nitrogens with zero attached hydrogens (tertiary/aromatic N) is 3. The van der Waals surface area contributed by atoms with Crippen LogP contribution in [0.3, 0.4) is 0 Å². The van der Waals surface area contributed by atoms with Crippen LogP contribution >= 0.6 is 11.8 Å². The van der Waals surface area contributed by atoms with E-state index < -0.39 is 5.82 Å². The van der Waals surface area contributed by atoms with Crippen LogP contribution in [0.4, 0.5) is 4.39 Å². The Morgan fingerprint density at radius 1 is 1.24 bits per heavy atom. The van der Waals surface area contributed by atoms with E-state index in [2.05, 4.69) is 16.8 Å². The molecule has 0 radical (unpaired) electrons. The van der Waals surface area contributed by atoms with E-state index >= 15 is 0 Å². The minimum atomic E-state index is -0.444. The second-order valence-corrected chi connectivity index (χ2v) is 6.90. The Hall–Kier alpha value is -3.13. The van der Waals surface area contributed by atoms with Crippen molar-refractivity contribution < 1.29 is 18.7 Å². The first-order valence-electron chi connectivity index (χ1n) is 8.82. The van der Waals surface area contributed by atoms with E-state index in [1.54, 1.807) is 60.2 Å². The van der Waals surface area contributed by atoms with Crippen LogP contribution < -0.4 is 9.47 Å². The van der Waals surface area contributed by atoms with Crippen molar-refractivity contribution in [3.8, 4) is 11.5 Å². The third-order valence-corrected chi connectivity index (χ3v) is 4.99. The van der Waals surface area contributed by atoms with Crippen LogP contribution in [0.5, 0.6) is 11.5 Å². The average Bonchev–Trinajstić information content (AvgIpc) is 3.13. The maximum atomic E-state index is 13.7. The molecule has 0 aliphatic heterocycles. The number of halogens is 1. The van der Waals surface area contributed by atoms with Crippen molar-refractivity contribution in [1.29, 1.82) is 0 Å². The van der Waals surface area contributed by atoms with E-state index in [4.69, 9.17) is 9.47 Å². The quantitative estimate of drug-likeness (QED) is 0.282. The fraction of sp³-hybridized carbons (Fsp3) is 0.190. The van der Waals surface area contributed by atoms with Crippen molar-refractivity contribution in [2.24, 2.45) is 0 Å². The van der Waals surface area contributed by atoms with Crippen LogP contribution in [-0.4, -0.2) is 33.4 Å². The maximum absolute atomic E-state index is 13.7. The van der Waals surface area contributed by atoms with E-state index in [1.807, 2.05) is 0 Å². The van der Waals surface area contributed by atoms with Gasteiger partial charge in [-0.3, -0.25) is 9.36 Å². The number of hydrogen-bond acceptors (Lipinski definition) is 6. The summed E-state index contributed by atoms with van der Waals surface area (Å²) in [6.07, 6.45) is 1.70. The monoisotopic (exact) mass is 413 g/mol. The summed E-state index contributed by atoms with van der Waals surface area (Å²) in [5, 5.41) is 8.83. The van der Waals surface area contributed by atoms with Gasteiger partial charge in [-0.1, -0.05) is 42.1 Å². The lowest BCUT2D eigenvalue weighted by Crippen LogP contribution is -2.09. The molecule has 3 aromatic rings. The van der Waals surface area contributed by atoms with Gasteiger partial charge >= 0.3 is 0 Å². The minimum absolute atomic E-state index is 0.0478. The molecule has 29 heavy (non-hydrogen) atoms. The van der Waals surface area contributed by atoms with Gasteiger partial charge in [0.1, 0.15) is 12.4 Å².